The molecule has 0 spiro atoms. The van der Waals surface area contributed by atoms with E-state index < -0.39 is 23.1 Å². The van der Waals surface area contributed by atoms with E-state index in [0.717, 1.165) is 11.0 Å². The Morgan fingerprint density at radius 2 is 1.21 bits per heavy atom. The number of fused-ring (bicyclic) bond motifs is 2. The lowest BCUT2D eigenvalue weighted by Gasteiger charge is -2.24. The Morgan fingerprint density at radius 1 is 0.714 bits per heavy atom. The van der Waals surface area contributed by atoms with E-state index in [-0.39, 0.29) is 11.1 Å². The quantitative estimate of drug-likeness (QED) is 0.472. The molecule has 136 valence electrons. The lowest BCUT2D eigenvalue weighted by atomic mass is 9.86. The van der Waals surface area contributed by atoms with E-state index in [4.69, 9.17) is 0 Å². The van der Waals surface area contributed by atoms with Crippen molar-refractivity contribution >= 4 is 44.5 Å². The van der Waals surface area contributed by atoms with Crippen LogP contribution in [0.3, 0.4) is 0 Å². The van der Waals surface area contributed by atoms with E-state index in [1.807, 2.05) is 12.1 Å². The number of aliphatic hydroxyl groups is 1. The van der Waals surface area contributed by atoms with E-state index >= 15 is 0 Å². The molecule has 4 aromatic rings. The second-order valence-electron chi connectivity index (χ2n) is 6.58. The first-order valence-corrected chi connectivity index (χ1v) is 8.65. The molecule has 3 N–H and O–H groups in total. The molecule has 0 unspecified atom stereocenters. The summed E-state index contributed by atoms with van der Waals surface area (Å²) in [5.74, 6) is -3.39. The zero-order valence-corrected chi connectivity index (χ0v) is 14.4. The fourth-order valence-electron chi connectivity index (χ4n) is 3.72. The largest absolute Gasteiger partial charge is 0.869 e. The summed E-state index contributed by atoms with van der Waals surface area (Å²) < 4.78 is 0. The maximum Gasteiger partial charge on any atom is 0.228 e. The second kappa shape index (κ2) is 5.72. The van der Waals surface area contributed by atoms with Crippen LogP contribution in [0.5, 0.6) is 0 Å². The van der Waals surface area contributed by atoms with Gasteiger partial charge < -0.3 is 20.2 Å². The molecule has 5 rings (SSSR count). The van der Waals surface area contributed by atoms with Crippen LogP contribution in [0.2, 0.25) is 0 Å². The molecule has 1 aliphatic carbocycles. The average molecular weight is 369 g/mol. The number of para-hydroxylation sites is 2. The monoisotopic (exact) mass is 369 g/mol. The minimum atomic E-state index is -0.923. The van der Waals surface area contributed by atoms with Gasteiger partial charge >= 0.3 is 0 Å². The van der Waals surface area contributed by atoms with Crippen molar-refractivity contribution in [1.29, 1.82) is 0 Å². The normalized spacial score (nSPS) is 15.3. The molecular weight excluding hydrogens is 356 g/mol. The Morgan fingerprint density at radius 3 is 1.79 bits per heavy atom. The van der Waals surface area contributed by atoms with Crippen LogP contribution >= 0.6 is 0 Å². The van der Waals surface area contributed by atoms with Crippen molar-refractivity contribution in [2.45, 2.75) is 0 Å². The Hall–Kier alpha value is -4.06. The van der Waals surface area contributed by atoms with Gasteiger partial charge in [-0.3, -0.25) is 9.59 Å². The first kappa shape index (κ1) is 16.1. The molecular formula is C22H13N2O4-. The van der Waals surface area contributed by atoms with Crippen LogP contribution in [-0.4, -0.2) is 26.6 Å². The number of rotatable bonds is 2. The molecule has 2 aromatic carbocycles. The highest BCUT2D eigenvalue weighted by Crippen LogP contribution is 2.37. The number of hydrogen-bond donors (Lipinski definition) is 3. The van der Waals surface area contributed by atoms with Crippen molar-refractivity contribution < 1.29 is 19.8 Å². The fraction of sp³-hybridized carbons (Fsp3) is 0. The molecule has 0 saturated heterocycles. The van der Waals surface area contributed by atoms with Crippen molar-refractivity contribution in [3.8, 4) is 0 Å². The molecule has 28 heavy (non-hydrogen) atoms. The lowest BCUT2D eigenvalue weighted by molar-refractivity contribution is -0.295. The van der Waals surface area contributed by atoms with Crippen LogP contribution in [-0.2, 0) is 9.59 Å². The van der Waals surface area contributed by atoms with Gasteiger partial charge in [0.15, 0.2) is 11.5 Å². The highest BCUT2D eigenvalue weighted by atomic mass is 16.3. The zero-order valence-electron chi connectivity index (χ0n) is 14.4. The van der Waals surface area contributed by atoms with Gasteiger partial charge in [0, 0.05) is 50.9 Å². The third kappa shape index (κ3) is 2.08. The number of nitrogens with one attached hydrogen (secondary N) is 2. The molecule has 2 heterocycles. The fourth-order valence-corrected chi connectivity index (χ4v) is 3.72. The Labute approximate surface area is 158 Å². The number of aliphatic hydroxyl groups excluding tert-OH is 1. The molecule has 2 aromatic heterocycles. The molecule has 0 atom stereocenters. The summed E-state index contributed by atoms with van der Waals surface area (Å²) in [6, 6.07) is 14.3. The molecule has 6 nitrogen and oxygen atoms in total. The maximum absolute atomic E-state index is 12.9. The van der Waals surface area contributed by atoms with E-state index in [0.29, 0.717) is 21.9 Å². The van der Waals surface area contributed by atoms with Gasteiger partial charge in [0.2, 0.25) is 5.78 Å². The molecule has 0 radical (unpaired) electrons. The Bertz CT molecular complexity index is 1260. The van der Waals surface area contributed by atoms with Crippen molar-refractivity contribution in [2.75, 3.05) is 0 Å². The molecule has 1 aliphatic rings. The van der Waals surface area contributed by atoms with Gasteiger partial charge in [-0.05, 0) is 17.9 Å². The summed E-state index contributed by atoms with van der Waals surface area (Å²) in [6.45, 7) is 0. The molecule has 0 amide bonds. The maximum atomic E-state index is 12.9. The van der Waals surface area contributed by atoms with Crippen molar-refractivity contribution in [2.24, 2.45) is 0 Å². The van der Waals surface area contributed by atoms with Gasteiger partial charge in [-0.1, -0.05) is 36.4 Å². The smallest absolute Gasteiger partial charge is 0.228 e. The van der Waals surface area contributed by atoms with Gasteiger partial charge in [-0.25, -0.2) is 0 Å². The van der Waals surface area contributed by atoms with E-state index in [9.17, 15) is 19.8 Å². The van der Waals surface area contributed by atoms with Crippen LogP contribution in [0, 0.1) is 0 Å². The number of Topliss-reactive ketones (excluding diaryl/α,β-unsaturated/α-hetero) is 2. The lowest BCUT2D eigenvalue weighted by Crippen LogP contribution is -2.28. The van der Waals surface area contributed by atoms with Crippen molar-refractivity contribution in [1.82, 2.24) is 9.97 Å². The summed E-state index contributed by atoms with van der Waals surface area (Å²) in [5, 5.41) is 24.8. The molecule has 0 fully saturated rings. The van der Waals surface area contributed by atoms with Crippen LogP contribution < -0.4 is 5.11 Å². The first-order chi connectivity index (χ1) is 13.6. The highest BCUT2D eigenvalue weighted by molar-refractivity contribution is 6.47. The number of H-pyrrole nitrogens is 2. The summed E-state index contributed by atoms with van der Waals surface area (Å²) in [6.07, 6.45) is 3.03. The summed E-state index contributed by atoms with van der Waals surface area (Å²) in [5.41, 5.74) is 1.52. The highest BCUT2D eigenvalue weighted by Gasteiger charge is 2.34. The van der Waals surface area contributed by atoms with Gasteiger partial charge in [0.25, 0.3) is 0 Å². The van der Waals surface area contributed by atoms with Crippen LogP contribution in [0.1, 0.15) is 11.1 Å². The average Bonchev–Trinajstić information content (AvgIpc) is 3.32. The van der Waals surface area contributed by atoms with Gasteiger partial charge in [0.05, 0.1) is 5.57 Å². The summed E-state index contributed by atoms with van der Waals surface area (Å²) >= 11 is 0. The SMILES string of the molecule is O=C1C(O)=C(c2c[nH]c3ccccc23)C(=O)C([O-])=C1c1c[nH]c2ccccc12. The molecule has 6 heteroatoms. The Balaban J connectivity index is 1.71. The number of carbonyl (C=O) groups excluding carboxylic acids is 2. The standard InChI is InChI=1S/C22H14N2O4/c25-19-17(13-9-23-15-7-3-1-5-11(13)15)20(26)22(28)18(21(19)27)14-10-24-16-8-4-2-6-12(14)16/h1-10,23-25,28H/p-1. The van der Waals surface area contributed by atoms with Gasteiger partial charge in [-0.2, -0.15) is 0 Å². The Kier molecular flexibility index (Phi) is 3.30. The predicted molar refractivity (Wildman–Crippen MR) is 103 cm³/mol. The van der Waals surface area contributed by atoms with Crippen molar-refractivity contribution in [3.63, 3.8) is 0 Å². The minimum absolute atomic E-state index is 0.268. The van der Waals surface area contributed by atoms with E-state index in [1.165, 1.54) is 12.4 Å². The number of aromatic nitrogens is 2. The number of benzene rings is 2. The number of ketones is 2. The number of aromatic amines is 2. The summed E-state index contributed by atoms with van der Waals surface area (Å²) in [4.78, 5) is 31.8. The third-order valence-corrected chi connectivity index (χ3v) is 5.06. The number of carbonyl (C=O) groups is 2. The van der Waals surface area contributed by atoms with Gasteiger partial charge in [-0.15, -0.1) is 0 Å². The third-order valence-electron chi connectivity index (χ3n) is 5.06. The topological polar surface area (TPSA) is 109 Å². The predicted octanol–water partition coefficient (Wildman–Crippen LogP) is 2.84. The minimum Gasteiger partial charge on any atom is -0.869 e. The molecule has 0 saturated carbocycles. The zero-order chi connectivity index (χ0) is 19.4. The van der Waals surface area contributed by atoms with E-state index in [1.54, 1.807) is 36.4 Å². The van der Waals surface area contributed by atoms with Crippen LogP contribution in [0.15, 0.2) is 72.4 Å². The molecule has 0 aliphatic heterocycles. The van der Waals surface area contributed by atoms with Crippen LogP contribution in [0.4, 0.5) is 0 Å². The summed E-state index contributed by atoms with van der Waals surface area (Å²) in [7, 11) is 0. The second-order valence-corrected chi connectivity index (χ2v) is 6.58. The van der Waals surface area contributed by atoms with E-state index in [2.05, 4.69) is 9.97 Å². The van der Waals surface area contributed by atoms with Crippen molar-refractivity contribution in [3.05, 3.63) is 83.6 Å². The van der Waals surface area contributed by atoms with Gasteiger partial charge in [0.1, 0.15) is 0 Å². The molecule has 0 bridgehead atoms. The number of allylic oxidation sites excluding steroid dienone is 2. The first-order valence-electron chi connectivity index (χ1n) is 8.65. The van der Waals surface area contributed by atoms with Crippen LogP contribution in [0.25, 0.3) is 33.0 Å². The number of hydrogen-bond acceptors (Lipinski definition) is 4.